The third-order valence-electron chi connectivity index (χ3n) is 4.78. The molecule has 4 atom stereocenters. The molecular formula is C14H28O7. The topological polar surface area (TPSA) is 138 Å². The zero-order valence-electron chi connectivity index (χ0n) is 13.0. The first-order valence-corrected chi connectivity index (χ1v) is 7.02. The number of carboxylic acid groups (broad SMARTS) is 1. The number of hydrogen-bond donors (Lipinski definition) is 6. The lowest BCUT2D eigenvalue weighted by atomic mass is 9.61. The number of hydrogen-bond acceptors (Lipinski definition) is 6. The Hall–Kier alpha value is -0.730. The van der Waals surface area contributed by atoms with Gasteiger partial charge in [0.05, 0.1) is 31.5 Å². The number of carbonyl (C=O) groups is 1. The molecule has 0 saturated carbocycles. The van der Waals surface area contributed by atoms with Gasteiger partial charge in [-0.1, -0.05) is 6.92 Å². The molecule has 0 amide bonds. The van der Waals surface area contributed by atoms with Crippen LogP contribution < -0.4 is 0 Å². The summed E-state index contributed by atoms with van der Waals surface area (Å²) in [7, 11) is 0. The molecule has 0 rings (SSSR count). The number of aliphatic carboxylic acids is 1. The Labute approximate surface area is 124 Å². The second kappa shape index (κ2) is 7.51. The highest BCUT2D eigenvalue weighted by molar-refractivity contribution is 5.75. The molecule has 7 nitrogen and oxygen atoms in total. The zero-order chi connectivity index (χ0) is 17.0. The van der Waals surface area contributed by atoms with Crippen LogP contribution in [0.15, 0.2) is 0 Å². The zero-order valence-corrected chi connectivity index (χ0v) is 13.0. The van der Waals surface area contributed by atoms with Crippen molar-refractivity contribution in [2.45, 2.75) is 52.4 Å². The van der Waals surface area contributed by atoms with Crippen LogP contribution >= 0.6 is 0 Å². The van der Waals surface area contributed by atoms with E-state index in [0.29, 0.717) is 0 Å². The third-order valence-corrected chi connectivity index (χ3v) is 4.78. The lowest BCUT2D eigenvalue weighted by molar-refractivity contribution is -0.174. The van der Waals surface area contributed by atoms with Crippen LogP contribution in [-0.2, 0) is 4.79 Å². The second-order valence-corrected chi connectivity index (χ2v) is 6.03. The molecule has 0 bridgehead atoms. The minimum Gasteiger partial charge on any atom is -0.481 e. The first-order valence-electron chi connectivity index (χ1n) is 7.02. The fraction of sp³-hybridized carbons (Fsp3) is 0.929. The maximum atomic E-state index is 11.3. The van der Waals surface area contributed by atoms with Gasteiger partial charge in [-0.15, -0.1) is 0 Å². The molecule has 0 aromatic rings. The van der Waals surface area contributed by atoms with Crippen molar-refractivity contribution in [1.82, 2.24) is 0 Å². The number of rotatable bonds is 9. The van der Waals surface area contributed by atoms with Crippen LogP contribution in [-0.4, -0.2) is 68.1 Å². The Kier molecular flexibility index (Phi) is 7.25. The third kappa shape index (κ3) is 3.54. The summed E-state index contributed by atoms with van der Waals surface area (Å²) in [4.78, 5) is 11.3. The van der Waals surface area contributed by atoms with Gasteiger partial charge in [-0.3, -0.25) is 4.79 Å². The fourth-order valence-electron chi connectivity index (χ4n) is 3.45. The highest BCUT2D eigenvalue weighted by atomic mass is 16.4. The fourth-order valence-corrected chi connectivity index (χ4v) is 3.45. The Balaban J connectivity index is 5.70. The minimum atomic E-state index is -1.79. The van der Waals surface area contributed by atoms with E-state index >= 15 is 0 Å². The lowest BCUT2D eigenvalue weighted by Crippen LogP contribution is -2.56. The standard InChI is InChI=1S/C14H28O7/c1-8(5-13(6-15,7-16)12(20)21)14(9(2)17,10(3)18)11(4)19/h8-11,15-19H,5-7H2,1-4H3,(H,20,21). The summed E-state index contributed by atoms with van der Waals surface area (Å²) in [6.45, 7) is 4.26. The van der Waals surface area contributed by atoms with Gasteiger partial charge in [-0.2, -0.15) is 0 Å². The van der Waals surface area contributed by atoms with Crippen molar-refractivity contribution in [3.05, 3.63) is 0 Å². The van der Waals surface area contributed by atoms with Gasteiger partial charge in [0.25, 0.3) is 0 Å². The molecule has 21 heavy (non-hydrogen) atoms. The molecule has 6 N–H and O–H groups in total. The normalized spacial score (nSPS) is 21.2. The second-order valence-electron chi connectivity index (χ2n) is 6.03. The van der Waals surface area contributed by atoms with Crippen molar-refractivity contribution in [3.8, 4) is 0 Å². The van der Waals surface area contributed by atoms with Gasteiger partial charge >= 0.3 is 5.97 Å². The largest absolute Gasteiger partial charge is 0.481 e. The smallest absolute Gasteiger partial charge is 0.314 e. The van der Waals surface area contributed by atoms with Crippen LogP contribution in [0, 0.1) is 16.7 Å². The molecule has 0 radical (unpaired) electrons. The quantitative estimate of drug-likeness (QED) is 0.328. The maximum absolute atomic E-state index is 11.3. The summed E-state index contributed by atoms with van der Waals surface area (Å²) in [5.74, 6) is -2.04. The SMILES string of the molecule is CC(O)C(C(C)O)(C(C)O)C(C)CC(CO)(CO)C(=O)O. The van der Waals surface area contributed by atoms with Crippen molar-refractivity contribution in [3.63, 3.8) is 0 Å². The van der Waals surface area contributed by atoms with Crippen molar-refractivity contribution in [2.24, 2.45) is 16.7 Å². The molecule has 4 unspecified atom stereocenters. The van der Waals surface area contributed by atoms with Crippen LogP contribution in [0.4, 0.5) is 0 Å². The monoisotopic (exact) mass is 308 g/mol. The van der Waals surface area contributed by atoms with Gasteiger partial charge in [0.2, 0.25) is 0 Å². The van der Waals surface area contributed by atoms with Crippen LogP contribution in [0.5, 0.6) is 0 Å². The molecule has 0 aromatic heterocycles. The summed E-state index contributed by atoms with van der Waals surface area (Å²) in [6.07, 6.45) is -3.54. The van der Waals surface area contributed by atoms with E-state index in [0.717, 1.165) is 0 Å². The molecule has 0 fully saturated rings. The van der Waals surface area contributed by atoms with Crippen molar-refractivity contribution >= 4 is 5.97 Å². The summed E-state index contributed by atoms with van der Waals surface area (Å²) in [5.41, 5.74) is -3.16. The van der Waals surface area contributed by atoms with E-state index in [9.17, 15) is 35.4 Å². The van der Waals surface area contributed by atoms with E-state index in [1.807, 2.05) is 0 Å². The van der Waals surface area contributed by atoms with E-state index < -0.39 is 54.2 Å². The van der Waals surface area contributed by atoms with Crippen LogP contribution in [0.2, 0.25) is 0 Å². The van der Waals surface area contributed by atoms with Gasteiger partial charge < -0.3 is 30.6 Å². The number of carboxylic acids is 1. The molecule has 7 heteroatoms. The first-order chi connectivity index (χ1) is 9.52. The van der Waals surface area contributed by atoms with E-state index in [1.165, 1.54) is 20.8 Å². The van der Waals surface area contributed by atoms with E-state index in [4.69, 9.17) is 0 Å². The molecule has 0 aliphatic rings. The molecule has 0 spiro atoms. The van der Waals surface area contributed by atoms with Gasteiger partial charge in [-0.25, -0.2) is 0 Å². The Morgan fingerprint density at radius 3 is 1.43 bits per heavy atom. The average molecular weight is 308 g/mol. The molecule has 0 aliphatic heterocycles. The Morgan fingerprint density at radius 2 is 1.24 bits per heavy atom. The van der Waals surface area contributed by atoms with Crippen LogP contribution in [0.3, 0.4) is 0 Å². The summed E-state index contributed by atoms with van der Waals surface area (Å²) >= 11 is 0. The van der Waals surface area contributed by atoms with Crippen molar-refractivity contribution < 1.29 is 35.4 Å². The maximum Gasteiger partial charge on any atom is 0.314 e. The molecule has 126 valence electrons. The van der Waals surface area contributed by atoms with Gasteiger partial charge in [0.1, 0.15) is 5.41 Å². The first kappa shape index (κ1) is 20.3. The van der Waals surface area contributed by atoms with E-state index in [2.05, 4.69) is 0 Å². The summed E-state index contributed by atoms with van der Waals surface area (Å²) in [6, 6.07) is 0. The van der Waals surface area contributed by atoms with Gasteiger partial charge in [0, 0.05) is 5.41 Å². The van der Waals surface area contributed by atoms with Crippen molar-refractivity contribution in [2.75, 3.05) is 13.2 Å². The molecule has 0 aromatic carbocycles. The molecular weight excluding hydrogens is 280 g/mol. The minimum absolute atomic E-state index is 0.198. The molecule has 0 saturated heterocycles. The average Bonchev–Trinajstić information content (AvgIpc) is 2.34. The Bertz CT molecular complexity index is 312. The van der Waals surface area contributed by atoms with Gasteiger partial charge in [-0.05, 0) is 33.1 Å². The Morgan fingerprint density at radius 1 is 0.905 bits per heavy atom. The summed E-state index contributed by atoms with van der Waals surface area (Å²) < 4.78 is 0. The predicted molar refractivity (Wildman–Crippen MR) is 75.5 cm³/mol. The lowest BCUT2D eigenvalue weighted by Gasteiger charge is -2.48. The van der Waals surface area contributed by atoms with Gasteiger partial charge in [0.15, 0.2) is 0 Å². The highest BCUT2D eigenvalue weighted by Gasteiger charge is 2.52. The highest BCUT2D eigenvalue weighted by Crippen LogP contribution is 2.44. The number of aliphatic hydroxyl groups excluding tert-OH is 5. The molecule has 0 heterocycles. The molecule has 0 aliphatic carbocycles. The predicted octanol–water partition coefficient (Wildman–Crippen LogP) is -0.803. The van der Waals surface area contributed by atoms with E-state index in [-0.39, 0.29) is 6.42 Å². The van der Waals surface area contributed by atoms with Crippen LogP contribution in [0.1, 0.15) is 34.1 Å². The van der Waals surface area contributed by atoms with Crippen molar-refractivity contribution in [1.29, 1.82) is 0 Å². The summed E-state index contributed by atoms with van der Waals surface area (Å²) in [5, 5.41) is 58.1. The number of aliphatic hydroxyl groups is 5. The van der Waals surface area contributed by atoms with Crippen LogP contribution in [0.25, 0.3) is 0 Å². The van der Waals surface area contributed by atoms with E-state index in [1.54, 1.807) is 6.92 Å².